The van der Waals surface area contributed by atoms with E-state index in [1.54, 1.807) is 42.6 Å². The average molecular weight is 382 g/mol. The highest BCUT2D eigenvalue weighted by atomic mass is 32.2. The summed E-state index contributed by atoms with van der Waals surface area (Å²) in [7, 11) is -3.94. The van der Waals surface area contributed by atoms with Crippen molar-refractivity contribution in [1.29, 1.82) is 0 Å². The first-order chi connectivity index (χ1) is 13.0. The number of benzene rings is 1. The summed E-state index contributed by atoms with van der Waals surface area (Å²) in [5.74, 6) is -0.195. The van der Waals surface area contributed by atoms with Gasteiger partial charge in [0, 0.05) is 24.8 Å². The summed E-state index contributed by atoms with van der Waals surface area (Å²) in [6.45, 7) is 0. The molecule has 1 aliphatic heterocycles. The normalized spacial score (nSPS) is 24.8. The molecule has 1 saturated carbocycles. The van der Waals surface area contributed by atoms with Crippen molar-refractivity contribution in [3.8, 4) is 5.88 Å². The summed E-state index contributed by atoms with van der Waals surface area (Å²) >= 11 is 0. The smallest absolute Gasteiger partial charge is 0.219 e. The van der Waals surface area contributed by atoms with Gasteiger partial charge in [-0.25, -0.2) is 13.4 Å². The molecule has 138 valence electrons. The Bertz CT molecular complexity index is 1020. The van der Waals surface area contributed by atoms with Crippen LogP contribution in [0.15, 0.2) is 76.5 Å². The molecule has 2 heterocycles. The fourth-order valence-electron chi connectivity index (χ4n) is 3.59. The minimum atomic E-state index is -3.94. The van der Waals surface area contributed by atoms with E-state index in [-0.39, 0.29) is 16.4 Å². The summed E-state index contributed by atoms with van der Waals surface area (Å²) in [4.78, 5) is 19.4. The van der Waals surface area contributed by atoms with Crippen LogP contribution in [0.1, 0.15) is 19.3 Å². The first-order valence-corrected chi connectivity index (χ1v) is 10.2. The van der Waals surface area contributed by atoms with Gasteiger partial charge in [0.15, 0.2) is 4.87 Å². The Morgan fingerprint density at radius 1 is 1.07 bits per heavy atom. The van der Waals surface area contributed by atoms with Crippen molar-refractivity contribution in [3.05, 3.63) is 66.6 Å². The van der Waals surface area contributed by atoms with E-state index in [1.807, 2.05) is 0 Å². The van der Waals surface area contributed by atoms with Crippen LogP contribution >= 0.6 is 0 Å². The SMILES string of the molecule is O=C1CCCC1C1(S(=O)(=O)c2ccccc2)C=C(Oc2ccccn2)C=N1. The number of aromatic nitrogens is 1. The molecule has 7 heteroatoms. The number of hydrogen-bond donors (Lipinski definition) is 0. The van der Waals surface area contributed by atoms with Gasteiger partial charge in [-0.05, 0) is 31.0 Å². The summed E-state index contributed by atoms with van der Waals surface area (Å²) in [5.41, 5.74) is 0. The minimum Gasteiger partial charge on any atom is -0.438 e. The maximum Gasteiger partial charge on any atom is 0.219 e. The lowest BCUT2D eigenvalue weighted by Crippen LogP contribution is -2.43. The molecule has 0 N–H and O–H groups in total. The maximum atomic E-state index is 13.5. The maximum absolute atomic E-state index is 13.5. The Kier molecular flexibility index (Phi) is 4.39. The van der Waals surface area contributed by atoms with E-state index < -0.39 is 20.6 Å². The number of carbonyl (C=O) groups is 1. The van der Waals surface area contributed by atoms with Crippen LogP contribution in [0.5, 0.6) is 5.88 Å². The summed E-state index contributed by atoms with van der Waals surface area (Å²) in [6, 6.07) is 13.3. The zero-order valence-electron chi connectivity index (χ0n) is 14.5. The molecule has 0 radical (unpaired) electrons. The highest BCUT2D eigenvalue weighted by Crippen LogP contribution is 2.44. The molecule has 1 aromatic carbocycles. The van der Waals surface area contributed by atoms with Crippen molar-refractivity contribution < 1.29 is 17.9 Å². The highest BCUT2D eigenvalue weighted by molar-refractivity contribution is 7.93. The number of ketones is 1. The number of allylic oxidation sites excluding steroid dienone is 1. The van der Waals surface area contributed by atoms with Gasteiger partial charge in [-0.2, -0.15) is 0 Å². The molecule has 2 unspecified atom stereocenters. The topological polar surface area (TPSA) is 85.7 Å². The Balaban J connectivity index is 1.80. The monoisotopic (exact) mass is 382 g/mol. The van der Waals surface area contributed by atoms with Gasteiger partial charge in [0.05, 0.1) is 17.0 Å². The van der Waals surface area contributed by atoms with E-state index in [0.29, 0.717) is 25.1 Å². The van der Waals surface area contributed by atoms with E-state index in [9.17, 15) is 13.2 Å². The molecule has 2 aromatic rings. The number of nitrogens with zero attached hydrogens (tertiary/aromatic N) is 2. The third-order valence-corrected chi connectivity index (χ3v) is 7.15. The molecule has 27 heavy (non-hydrogen) atoms. The van der Waals surface area contributed by atoms with E-state index in [0.717, 1.165) is 0 Å². The number of rotatable bonds is 5. The van der Waals surface area contributed by atoms with Gasteiger partial charge in [0.1, 0.15) is 11.5 Å². The van der Waals surface area contributed by atoms with Crippen LogP contribution in [0.3, 0.4) is 0 Å². The van der Waals surface area contributed by atoms with Crippen LogP contribution in [0.25, 0.3) is 0 Å². The molecule has 2 atom stereocenters. The fraction of sp³-hybridized carbons (Fsp3) is 0.250. The zero-order chi connectivity index (χ0) is 18.9. The van der Waals surface area contributed by atoms with Crippen molar-refractivity contribution in [2.24, 2.45) is 10.9 Å². The zero-order valence-corrected chi connectivity index (χ0v) is 15.3. The van der Waals surface area contributed by atoms with Crippen molar-refractivity contribution in [2.45, 2.75) is 29.0 Å². The molecule has 6 nitrogen and oxygen atoms in total. The van der Waals surface area contributed by atoms with E-state index in [1.165, 1.54) is 24.4 Å². The quantitative estimate of drug-likeness (QED) is 0.794. The Labute approximate surface area is 157 Å². The molecule has 0 bridgehead atoms. The van der Waals surface area contributed by atoms with Gasteiger partial charge < -0.3 is 4.74 Å². The molecule has 1 fully saturated rings. The Hall–Kier alpha value is -2.80. The van der Waals surface area contributed by atoms with Crippen LogP contribution in [0.2, 0.25) is 0 Å². The lowest BCUT2D eigenvalue weighted by atomic mass is 9.97. The summed E-state index contributed by atoms with van der Waals surface area (Å²) in [5, 5.41) is 0. The number of ether oxygens (including phenoxy) is 1. The summed E-state index contributed by atoms with van der Waals surface area (Å²) < 4.78 is 32.7. The molecule has 0 saturated heterocycles. The second-order valence-corrected chi connectivity index (χ2v) is 8.69. The first-order valence-electron chi connectivity index (χ1n) is 8.72. The molecule has 2 aliphatic rings. The highest BCUT2D eigenvalue weighted by Gasteiger charge is 2.55. The lowest BCUT2D eigenvalue weighted by Gasteiger charge is -2.29. The number of sulfone groups is 1. The molecular formula is C20H18N2O4S. The molecule has 4 rings (SSSR count). The standard InChI is InChI=1S/C20H18N2O4S/c23-18-10-6-9-17(18)20(27(24,25)16-7-2-1-3-8-16)13-15(14-22-20)26-19-11-4-5-12-21-19/h1-5,7-8,11-14,17H,6,9-10H2. The van der Waals surface area contributed by atoms with Gasteiger partial charge >= 0.3 is 0 Å². The van der Waals surface area contributed by atoms with E-state index in [2.05, 4.69) is 9.98 Å². The van der Waals surface area contributed by atoms with Crippen molar-refractivity contribution in [2.75, 3.05) is 0 Å². The number of carbonyl (C=O) groups excluding carboxylic acids is 1. The fourth-order valence-corrected chi connectivity index (χ4v) is 5.57. The van der Waals surface area contributed by atoms with Gasteiger partial charge in [-0.15, -0.1) is 0 Å². The van der Waals surface area contributed by atoms with Gasteiger partial charge in [-0.1, -0.05) is 24.3 Å². The molecule has 0 amide bonds. The average Bonchev–Trinajstić information content (AvgIpc) is 3.30. The number of pyridine rings is 1. The minimum absolute atomic E-state index is 0.0815. The van der Waals surface area contributed by atoms with Crippen LogP contribution in [-0.4, -0.2) is 30.3 Å². The van der Waals surface area contributed by atoms with Crippen molar-refractivity contribution >= 4 is 21.8 Å². The van der Waals surface area contributed by atoms with Crippen LogP contribution in [0, 0.1) is 5.92 Å². The van der Waals surface area contributed by atoms with Gasteiger partial charge in [-0.3, -0.25) is 9.79 Å². The van der Waals surface area contributed by atoms with Gasteiger partial charge in [0.2, 0.25) is 15.7 Å². The summed E-state index contributed by atoms with van der Waals surface area (Å²) in [6.07, 6.45) is 5.93. The third kappa shape index (κ3) is 2.98. The lowest BCUT2D eigenvalue weighted by molar-refractivity contribution is -0.121. The largest absolute Gasteiger partial charge is 0.438 e. The number of Topliss-reactive ketones (excluding diaryl/α,β-unsaturated/α-hetero) is 1. The second kappa shape index (κ2) is 6.74. The predicted molar refractivity (Wildman–Crippen MR) is 100 cm³/mol. The van der Waals surface area contributed by atoms with E-state index >= 15 is 0 Å². The Morgan fingerprint density at radius 2 is 1.85 bits per heavy atom. The van der Waals surface area contributed by atoms with Gasteiger partial charge in [0.25, 0.3) is 0 Å². The molecule has 0 spiro atoms. The Morgan fingerprint density at radius 3 is 2.52 bits per heavy atom. The predicted octanol–water partition coefficient (Wildman–Crippen LogP) is 2.97. The molecule has 1 aliphatic carbocycles. The number of hydrogen-bond acceptors (Lipinski definition) is 6. The van der Waals surface area contributed by atoms with Crippen molar-refractivity contribution in [3.63, 3.8) is 0 Å². The van der Waals surface area contributed by atoms with Crippen LogP contribution in [-0.2, 0) is 14.6 Å². The van der Waals surface area contributed by atoms with Crippen LogP contribution < -0.4 is 4.74 Å². The first kappa shape index (κ1) is 17.6. The number of aliphatic imine (C=N–C) groups is 1. The van der Waals surface area contributed by atoms with Crippen molar-refractivity contribution in [1.82, 2.24) is 4.98 Å². The van der Waals surface area contributed by atoms with Crippen LogP contribution in [0.4, 0.5) is 0 Å². The van der Waals surface area contributed by atoms with E-state index in [4.69, 9.17) is 4.74 Å². The third-order valence-electron chi connectivity index (χ3n) is 4.89. The molecule has 1 aromatic heterocycles. The second-order valence-electron chi connectivity index (χ2n) is 6.55. The molecular weight excluding hydrogens is 364 g/mol.